The Labute approximate surface area is 269 Å². The van der Waals surface area contributed by atoms with Crippen molar-refractivity contribution in [3.05, 3.63) is 169 Å². The summed E-state index contributed by atoms with van der Waals surface area (Å²) in [7, 11) is -2.32. The maximum atomic E-state index is 6.60. The molecular weight excluding hydrogens is 586 g/mol. The number of hydrogen-bond donors (Lipinski definition) is 0. The summed E-state index contributed by atoms with van der Waals surface area (Å²) < 4.78 is 0. The molecule has 6 aromatic carbocycles. The summed E-state index contributed by atoms with van der Waals surface area (Å²) in [6.07, 6.45) is 0. The van der Waals surface area contributed by atoms with E-state index in [-0.39, 0.29) is 5.28 Å². The van der Waals surface area contributed by atoms with Crippen molar-refractivity contribution in [3.63, 3.8) is 0 Å². The summed E-state index contributed by atoms with van der Waals surface area (Å²) >= 11 is 6.60. The van der Waals surface area contributed by atoms with Crippen LogP contribution in [-0.4, -0.2) is 23.0 Å². The zero-order valence-corrected chi connectivity index (χ0v) is 26.6. The highest BCUT2D eigenvalue weighted by molar-refractivity contribution is 7.10. The van der Waals surface area contributed by atoms with Crippen LogP contribution >= 0.6 is 11.6 Å². The van der Waals surface area contributed by atoms with Crippen molar-refractivity contribution < 1.29 is 0 Å². The first-order valence-corrected chi connectivity index (χ1v) is 17.9. The van der Waals surface area contributed by atoms with Gasteiger partial charge < -0.3 is 0 Å². The van der Waals surface area contributed by atoms with E-state index in [0.29, 0.717) is 11.6 Å². The topological polar surface area (TPSA) is 38.7 Å². The molecule has 0 amide bonds. The predicted molar refractivity (Wildman–Crippen MR) is 190 cm³/mol. The third-order valence-corrected chi connectivity index (χ3v) is 13.1. The van der Waals surface area contributed by atoms with Gasteiger partial charge in [-0.25, -0.2) is 4.98 Å². The summed E-state index contributed by atoms with van der Waals surface area (Å²) in [5.41, 5.74) is 6.31. The number of hydrogen-bond acceptors (Lipinski definition) is 3. The highest BCUT2D eigenvalue weighted by Gasteiger charge is 2.34. The average molecular weight is 616 g/mol. The fraction of sp³-hybridized carbons (Fsp3) is 0.0250. The minimum Gasteiger partial charge on any atom is -0.208 e. The third-order valence-electron chi connectivity index (χ3n) is 8.46. The van der Waals surface area contributed by atoms with Gasteiger partial charge in [-0.2, -0.15) is 9.97 Å². The Bertz CT molecular complexity index is 2030. The molecule has 0 spiro atoms. The van der Waals surface area contributed by atoms with E-state index in [1.165, 1.54) is 15.6 Å². The Morgan fingerprint density at radius 3 is 1.40 bits per heavy atom. The van der Waals surface area contributed by atoms with Gasteiger partial charge in [0.15, 0.2) is 11.6 Å². The minimum atomic E-state index is -2.32. The fourth-order valence-electron chi connectivity index (χ4n) is 6.03. The van der Waals surface area contributed by atoms with Crippen molar-refractivity contribution in [1.82, 2.24) is 15.0 Å². The first kappa shape index (κ1) is 28.6. The zero-order chi connectivity index (χ0) is 30.6. The van der Waals surface area contributed by atoms with Gasteiger partial charge in [0.25, 0.3) is 0 Å². The zero-order valence-electron chi connectivity index (χ0n) is 24.8. The molecule has 0 N–H and O–H groups in total. The van der Waals surface area contributed by atoms with Gasteiger partial charge in [-0.1, -0.05) is 164 Å². The molecule has 7 rings (SSSR count). The van der Waals surface area contributed by atoms with Crippen LogP contribution in [-0.2, 0) is 0 Å². The number of nitrogens with zero attached hydrogens (tertiary/aromatic N) is 3. The maximum Gasteiger partial charge on any atom is 0.226 e. The molecule has 45 heavy (non-hydrogen) atoms. The van der Waals surface area contributed by atoms with Crippen molar-refractivity contribution in [1.29, 1.82) is 0 Å². The number of aromatic nitrogens is 3. The monoisotopic (exact) mass is 615 g/mol. The first-order valence-electron chi connectivity index (χ1n) is 15.0. The molecule has 0 saturated heterocycles. The Morgan fingerprint density at radius 1 is 0.400 bits per heavy atom. The normalized spacial score (nSPS) is 11.3. The summed E-state index contributed by atoms with van der Waals surface area (Å²) in [4.78, 5) is 14.2. The first-order chi connectivity index (χ1) is 22.1. The molecule has 0 radical (unpaired) electrons. The van der Waals surface area contributed by atoms with Crippen LogP contribution in [0.5, 0.6) is 0 Å². The standard InChI is InChI=1S/C40H30ClN3Si/c1-45(33-20-10-4-11-21-33,34-22-12-5-13-23-34)35-24-14-19-31(27-35)38-42-39(44-40(41)43-38)32-25-26-36(29-15-6-2-7-16-29)37(28-32)30-17-8-3-9-18-30/h2-28H,1H3. The Hall–Kier alpha value is -5.16. The van der Waals surface area contributed by atoms with Crippen molar-refractivity contribution >= 4 is 35.2 Å². The van der Waals surface area contributed by atoms with E-state index in [1.807, 2.05) is 12.1 Å². The van der Waals surface area contributed by atoms with Crippen molar-refractivity contribution in [3.8, 4) is 45.0 Å². The molecule has 1 heterocycles. The molecule has 0 bridgehead atoms. The molecule has 0 unspecified atom stereocenters. The van der Waals surface area contributed by atoms with Crippen LogP contribution in [0.3, 0.4) is 0 Å². The Balaban J connectivity index is 1.34. The van der Waals surface area contributed by atoms with E-state index in [1.54, 1.807) is 0 Å². The second kappa shape index (κ2) is 12.4. The van der Waals surface area contributed by atoms with E-state index in [9.17, 15) is 0 Å². The van der Waals surface area contributed by atoms with Crippen LogP contribution in [0, 0.1) is 0 Å². The molecule has 0 fully saturated rings. The van der Waals surface area contributed by atoms with Crippen LogP contribution < -0.4 is 15.6 Å². The van der Waals surface area contributed by atoms with E-state index in [0.717, 1.165) is 33.4 Å². The maximum absolute atomic E-state index is 6.60. The van der Waals surface area contributed by atoms with Gasteiger partial charge in [0, 0.05) is 11.1 Å². The minimum absolute atomic E-state index is 0.167. The van der Waals surface area contributed by atoms with Crippen LogP contribution in [0.2, 0.25) is 11.8 Å². The molecular formula is C40H30ClN3Si. The predicted octanol–water partition coefficient (Wildman–Crippen LogP) is 8.29. The van der Waals surface area contributed by atoms with Crippen LogP contribution in [0.1, 0.15) is 0 Å². The average Bonchev–Trinajstić information content (AvgIpc) is 3.12. The highest BCUT2D eigenvalue weighted by atomic mass is 35.5. The van der Waals surface area contributed by atoms with Gasteiger partial charge in [-0.3, -0.25) is 0 Å². The molecule has 0 atom stereocenters. The molecule has 5 heteroatoms. The molecule has 0 aliphatic carbocycles. The van der Waals surface area contributed by atoms with E-state index >= 15 is 0 Å². The van der Waals surface area contributed by atoms with Gasteiger partial charge >= 0.3 is 0 Å². The van der Waals surface area contributed by atoms with Gasteiger partial charge in [-0.15, -0.1) is 0 Å². The van der Waals surface area contributed by atoms with Crippen molar-refractivity contribution in [2.24, 2.45) is 0 Å². The van der Waals surface area contributed by atoms with Gasteiger partial charge in [0.2, 0.25) is 5.28 Å². The lowest BCUT2D eigenvalue weighted by Gasteiger charge is -2.29. The summed E-state index contributed by atoms with van der Waals surface area (Å²) in [6, 6.07) is 57.4. The smallest absolute Gasteiger partial charge is 0.208 e. The molecule has 0 aliphatic heterocycles. The molecule has 7 aromatic rings. The van der Waals surface area contributed by atoms with Gasteiger partial charge in [0.1, 0.15) is 8.07 Å². The molecule has 3 nitrogen and oxygen atoms in total. The lowest BCUT2D eigenvalue weighted by molar-refractivity contribution is 1.07. The molecule has 216 valence electrons. The second-order valence-corrected chi connectivity index (χ2v) is 15.5. The molecule has 1 aromatic heterocycles. The van der Waals surface area contributed by atoms with Gasteiger partial charge in [-0.05, 0) is 55.5 Å². The van der Waals surface area contributed by atoms with E-state index in [2.05, 4.69) is 168 Å². The quantitative estimate of drug-likeness (QED) is 0.134. The van der Waals surface area contributed by atoms with E-state index in [4.69, 9.17) is 16.6 Å². The Morgan fingerprint density at radius 2 is 0.844 bits per heavy atom. The lowest BCUT2D eigenvalue weighted by atomic mass is 9.92. The Kier molecular flexibility index (Phi) is 7.91. The molecule has 0 saturated carbocycles. The number of rotatable bonds is 7. The summed E-state index contributed by atoms with van der Waals surface area (Å²) in [5.74, 6) is 1.09. The number of halogens is 1. The van der Waals surface area contributed by atoms with Crippen LogP contribution in [0.25, 0.3) is 45.0 Å². The van der Waals surface area contributed by atoms with Crippen molar-refractivity contribution in [2.45, 2.75) is 6.55 Å². The largest absolute Gasteiger partial charge is 0.226 e. The highest BCUT2D eigenvalue weighted by Crippen LogP contribution is 2.35. The van der Waals surface area contributed by atoms with Crippen LogP contribution in [0.4, 0.5) is 0 Å². The third kappa shape index (κ3) is 5.74. The fourth-order valence-corrected chi connectivity index (χ4v) is 9.78. The SMILES string of the molecule is C[Si](c1ccccc1)(c1ccccc1)c1cccc(-c2nc(Cl)nc(-c3ccc(-c4ccccc4)c(-c4ccccc4)c3)n2)c1. The lowest BCUT2D eigenvalue weighted by Crippen LogP contribution is -2.64. The van der Waals surface area contributed by atoms with Gasteiger partial charge in [0.05, 0.1) is 0 Å². The summed E-state index contributed by atoms with van der Waals surface area (Å²) in [5, 5.41) is 4.12. The molecule has 0 aliphatic rings. The number of benzene rings is 6. The second-order valence-electron chi connectivity index (χ2n) is 11.2. The van der Waals surface area contributed by atoms with Crippen molar-refractivity contribution in [2.75, 3.05) is 0 Å². The van der Waals surface area contributed by atoms with E-state index < -0.39 is 8.07 Å². The van der Waals surface area contributed by atoms with Crippen LogP contribution in [0.15, 0.2) is 164 Å². The summed E-state index contributed by atoms with van der Waals surface area (Å²) in [6.45, 7) is 2.40.